The summed E-state index contributed by atoms with van der Waals surface area (Å²) in [7, 11) is 3.15. The molecule has 0 aromatic heterocycles. The van der Waals surface area contributed by atoms with Gasteiger partial charge < -0.3 is 19.9 Å². The minimum absolute atomic E-state index is 0.505. The molecule has 2 rings (SSSR count). The Hall–Kier alpha value is -2.36. The van der Waals surface area contributed by atoms with E-state index in [0.717, 1.165) is 18.6 Å². The average molecular weight is 287 g/mol. The normalized spacial score (nSPS) is 10.2. The molecule has 0 spiro atoms. The molecule has 0 fully saturated rings. The summed E-state index contributed by atoms with van der Waals surface area (Å²) in [5, 5.41) is 0. The van der Waals surface area contributed by atoms with Crippen molar-refractivity contribution >= 4 is 5.69 Å². The molecular weight excluding hydrogens is 266 g/mol. The number of hydrogen-bond donors (Lipinski definition) is 1. The van der Waals surface area contributed by atoms with Crippen LogP contribution in [0.25, 0.3) is 0 Å². The Morgan fingerprint density at radius 2 is 1.52 bits per heavy atom. The predicted molar refractivity (Wildman–Crippen MR) is 84.5 cm³/mol. The van der Waals surface area contributed by atoms with Crippen molar-refractivity contribution in [1.82, 2.24) is 0 Å². The largest absolute Gasteiger partial charge is 0.493 e. The van der Waals surface area contributed by atoms with Crippen molar-refractivity contribution in [3.8, 4) is 23.0 Å². The molecule has 0 atom stereocenters. The number of nitrogens with two attached hydrogens (primary N) is 1. The second-order valence-corrected chi connectivity index (χ2v) is 4.74. The van der Waals surface area contributed by atoms with Gasteiger partial charge in [-0.15, -0.1) is 0 Å². The molecular formula is C17H21NO3. The molecule has 0 aliphatic heterocycles. The highest BCUT2D eigenvalue weighted by atomic mass is 16.5. The standard InChI is InChI=1S/C17H21NO3/c1-4-5-12-6-8-13(9-7-12)21-15-11-17(20-3)16(19-2)10-14(15)18/h6-11H,4-5,18H2,1-3H3. The van der Waals surface area contributed by atoms with Crippen LogP contribution in [0.2, 0.25) is 0 Å². The van der Waals surface area contributed by atoms with Crippen molar-refractivity contribution in [3.05, 3.63) is 42.0 Å². The molecule has 0 bridgehead atoms. The van der Waals surface area contributed by atoms with Crippen molar-refractivity contribution < 1.29 is 14.2 Å². The lowest BCUT2D eigenvalue weighted by molar-refractivity contribution is 0.352. The number of anilines is 1. The first-order valence-electron chi connectivity index (χ1n) is 6.96. The van der Waals surface area contributed by atoms with Crippen LogP contribution in [0, 0.1) is 0 Å². The maximum atomic E-state index is 5.99. The zero-order chi connectivity index (χ0) is 15.2. The number of methoxy groups -OCH3 is 2. The summed E-state index contributed by atoms with van der Waals surface area (Å²) in [6, 6.07) is 11.4. The van der Waals surface area contributed by atoms with Gasteiger partial charge in [0, 0.05) is 12.1 Å². The van der Waals surface area contributed by atoms with E-state index in [2.05, 4.69) is 19.1 Å². The van der Waals surface area contributed by atoms with Gasteiger partial charge >= 0.3 is 0 Å². The van der Waals surface area contributed by atoms with E-state index in [1.165, 1.54) is 5.56 Å². The van der Waals surface area contributed by atoms with Crippen molar-refractivity contribution in [2.75, 3.05) is 20.0 Å². The van der Waals surface area contributed by atoms with Crippen LogP contribution >= 0.6 is 0 Å². The molecule has 4 nitrogen and oxygen atoms in total. The molecule has 0 aliphatic carbocycles. The highest BCUT2D eigenvalue weighted by Gasteiger charge is 2.11. The Morgan fingerprint density at radius 1 is 0.905 bits per heavy atom. The fourth-order valence-electron chi connectivity index (χ4n) is 2.10. The quantitative estimate of drug-likeness (QED) is 0.815. The van der Waals surface area contributed by atoms with Crippen molar-refractivity contribution in [3.63, 3.8) is 0 Å². The Kier molecular flexibility index (Phi) is 4.93. The maximum Gasteiger partial charge on any atom is 0.164 e. The van der Waals surface area contributed by atoms with Crippen molar-refractivity contribution in [1.29, 1.82) is 0 Å². The number of nitrogen functional groups attached to an aromatic ring is 1. The second-order valence-electron chi connectivity index (χ2n) is 4.74. The van der Waals surface area contributed by atoms with E-state index in [1.54, 1.807) is 26.4 Å². The lowest BCUT2D eigenvalue weighted by Gasteiger charge is -2.13. The predicted octanol–water partition coefficient (Wildman–Crippen LogP) is 4.03. The van der Waals surface area contributed by atoms with Gasteiger partial charge in [0.15, 0.2) is 17.2 Å². The van der Waals surface area contributed by atoms with Crippen LogP contribution in [0.3, 0.4) is 0 Å². The van der Waals surface area contributed by atoms with Gasteiger partial charge in [0.1, 0.15) is 5.75 Å². The average Bonchev–Trinajstić information content (AvgIpc) is 2.51. The second kappa shape index (κ2) is 6.88. The lowest BCUT2D eigenvalue weighted by Crippen LogP contribution is -1.97. The molecule has 2 aromatic carbocycles. The van der Waals surface area contributed by atoms with Crippen molar-refractivity contribution in [2.24, 2.45) is 0 Å². The van der Waals surface area contributed by atoms with Gasteiger partial charge in [-0.3, -0.25) is 0 Å². The third kappa shape index (κ3) is 3.60. The van der Waals surface area contributed by atoms with Crippen molar-refractivity contribution in [2.45, 2.75) is 19.8 Å². The Labute approximate surface area is 125 Å². The van der Waals surface area contributed by atoms with Gasteiger partial charge in [0.2, 0.25) is 0 Å². The van der Waals surface area contributed by atoms with Crippen LogP contribution in [-0.2, 0) is 6.42 Å². The zero-order valence-corrected chi connectivity index (χ0v) is 12.7. The molecule has 21 heavy (non-hydrogen) atoms. The molecule has 0 aliphatic rings. The summed E-state index contributed by atoms with van der Waals surface area (Å²) in [6.45, 7) is 2.16. The third-order valence-electron chi connectivity index (χ3n) is 3.21. The highest BCUT2D eigenvalue weighted by molar-refractivity contribution is 5.62. The van der Waals surface area contributed by atoms with Crippen LogP contribution in [0.1, 0.15) is 18.9 Å². The first-order chi connectivity index (χ1) is 10.2. The number of aryl methyl sites for hydroxylation is 1. The first kappa shape index (κ1) is 15.0. The molecule has 2 aromatic rings. The maximum absolute atomic E-state index is 5.99. The zero-order valence-electron chi connectivity index (χ0n) is 12.7. The number of hydrogen-bond acceptors (Lipinski definition) is 4. The number of rotatable bonds is 6. The molecule has 0 unspecified atom stereocenters. The lowest BCUT2D eigenvalue weighted by atomic mass is 10.1. The molecule has 2 N–H and O–H groups in total. The summed E-state index contributed by atoms with van der Waals surface area (Å²) in [4.78, 5) is 0. The summed E-state index contributed by atoms with van der Waals surface area (Å²) in [6.07, 6.45) is 2.20. The van der Waals surface area contributed by atoms with Gasteiger partial charge in [-0.1, -0.05) is 25.5 Å². The molecule has 0 saturated heterocycles. The number of ether oxygens (including phenoxy) is 3. The molecule has 0 heterocycles. The van der Waals surface area contributed by atoms with Crippen LogP contribution < -0.4 is 19.9 Å². The summed E-state index contributed by atoms with van der Waals surface area (Å²) >= 11 is 0. The monoisotopic (exact) mass is 287 g/mol. The third-order valence-corrected chi connectivity index (χ3v) is 3.21. The van der Waals surface area contributed by atoms with Gasteiger partial charge in [0.05, 0.1) is 19.9 Å². The number of benzene rings is 2. The van der Waals surface area contributed by atoms with Crippen LogP contribution in [0.5, 0.6) is 23.0 Å². The van der Waals surface area contributed by atoms with Gasteiger partial charge in [-0.2, -0.15) is 0 Å². The molecule has 0 radical (unpaired) electrons. The Balaban J connectivity index is 2.22. The fourth-order valence-corrected chi connectivity index (χ4v) is 2.10. The van der Waals surface area contributed by atoms with E-state index in [4.69, 9.17) is 19.9 Å². The van der Waals surface area contributed by atoms with Crippen LogP contribution in [0.4, 0.5) is 5.69 Å². The fraction of sp³-hybridized carbons (Fsp3) is 0.294. The topological polar surface area (TPSA) is 53.7 Å². The Morgan fingerprint density at radius 3 is 2.10 bits per heavy atom. The van der Waals surface area contributed by atoms with E-state index >= 15 is 0 Å². The van der Waals surface area contributed by atoms with Crippen LogP contribution in [-0.4, -0.2) is 14.2 Å². The van der Waals surface area contributed by atoms with E-state index in [9.17, 15) is 0 Å². The molecule has 0 saturated carbocycles. The van der Waals surface area contributed by atoms with Crippen LogP contribution in [0.15, 0.2) is 36.4 Å². The minimum atomic E-state index is 0.505. The van der Waals surface area contributed by atoms with Gasteiger partial charge in [-0.05, 0) is 24.1 Å². The highest BCUT2D eigenvalue weighted by Crippen LogP contribution is 2.38. The summed E-state index contributed by atoms with van der Waals surface area (Å²) < 4.78 is 16.3. The molecule has 0 amide bonds. The van der Waals surface area contributed by atoms with E-state index in [1.807, 2.05) is 12.1 Å². The van der Waals surface area contributed by atoms with E-state index in [-0.39, 0.29) is 0 Å². The SMILES string of the molecule is CCCc1ccc(Oc2cc(OC)c(OC)cc2N)cc1. The van der Waals surface area contributed by atoms with Gasteiger partial charge in [0.25, 0.3) is 0 Å². The Bertz CT molecular complexity index is 594. The summed E-state index contributed by atoms with van der Waals surface area (Å²) in [5.41, 5.74) is 7.79. The van der Waals surface area contributed by atoms with E-state index < -0.39 is 0 Å². The van der Waals surface area contributed by atoms with Gasteiger partial charge in [-0.25, -0.2) is 0 Å². The van der Waals surface area contributed by atoms with E-state index in [0.29, 0.717) is 22.9 Å². The molecule has 112 valence electrons. The molecule has 4 heteroatoms. The summed E-state index contributed by atoms with van der Waals surface area (Å²) in [5.74, 6) is 2.47. The minimum Gasteiger partial charge on any atom is -0.493 e. The smallest absolute Gasteiger partial charge is 0.164 e. The first-order valence-corrected chi connectivity index (χ1v) is 6.96.